The zero-order valence-corrected chi connectivity index (χ0v) is 16.8. The number of fused-ring (bicyclic) bond motifs is 1. The van der Waals surface area contributed by atoms with E-state index in [-0.39, 0.29) is 0 Å². The maximum absolute atomic E-state index is 9.78. The molecule has 0 aliphatic carbocycles. The molecule has 0 bridgehead atoms. The quantitative estimate of drug-likeness (QED) is 0.405. The summed E-state index contributed by atoms with van der Waals surface area (Å²) in [6.45, 7) is 9.72. The molecule has 6 heteroatoms. The van der Waals surface area contributed by atoms with Gasteiger partial charge in [-0.1, -0.05) is 37.8 Å². The number of nitriles is 1. The van der Waals surface area contributed by atoms with Crippen molar-refractivity contribution in [1.29, 1.82) is 5.26 Å². The highest BCUT2D eigenvalue weighted by Gasteiger charge is 2.14. The normalized spacial score (nSPS) is 12.4. The van der Waals surface area contributed by atoms with Gasteiger partial charge in [-0.2, -0.15) is 5.26 Å². The van der Waals surface area contributed by atoms with Gasteiger partial charge < -0.3 is 10.7 Å². The van der Waals surface area contributed by atoms with Crippen LogP contribution in [0.3, 0.4) is 0 Å². The van der Waals surface area contributed by atoms with Crippen molar-refractivity contribution in [3.63, 3.8) is 0 Å². The van der Waals surface area contributed by atoms with Gasteiger partial charge in [0.1, 0.15) is 11.5 Å². The molecule has 0 aliphatic rings. The molecule has 0 saturated heterocycles. The first-order valence-electron chi connectivity index (χ1n) is 9.00. The summed E-state index contributed by atoms with van der Waals surface area (Å²) in [6.07, 6.45) is 9.26. The van der Waals surface area contributed by atoms with Crippen molar-refractivity contribution in [3.05, 3.63) is 83.3 Å². The maximum atomic E-state index is 9.78. The van der Waals surface area contributed by atoms with Crippen LogP contribution in [0.4, 0.5) is 5.82 Å². The molecule has 0 fully saturated rings. The standard InChI is InChI=1S/C23H20ClN5/c1-4-14(3)22(20(24)5-2)16(10-25)8-18-13-29-23-19(18)9-17(12-28-23)15-6-7-21(26)27-11-15/h5-9,11-13H,2-4H2,1H3,(H2,26,27)(H,28,29). The molecule has 144 valence electrons. The Morgan fingerprint density at radius 2 is 2.07 bits per heavy atom. The third-order valence-corrected chi connectivity index (χ3v) is 4.91. The number of aromatic nitrogens is 3. The Kier molecular flexibility index (Phi) is 5.96. The molecule has 0 aliphatic heterocycles. The van der Waals surface area contributed by atoms with Crippen LogP contribution in [0.2, 0.25) is 0 Å². The summed E-state index contributed by atoms with van der Waals surface area (Å²) >= 11 is 6.33. The SMILES string of the molecule is C=CC(Cl)=C(C(=C)CC)C(C#N)=Cc1c[nH]c2ncc(-c3ccc(N)nc3)cc12. The Bertz CT molecular complexity index is 1190. The molecule has 3 aromatic rings. The van der Waals surface area contributed by atoms with Crippen molar-refractivity contribution < 1.29 is 0 Å². The molecule has 0 unspecified atom stereocenters. The molecule has 0 saturated carbocycles. The van der Waals surface area contributed by atoms with Crippen molar-refractivity contribution in [2.75, 3.05) is 5.73 Å². The Morgan fingerprint density at radius 3 is 2.69 bits per heavy atom. The number of hydrogen-bond donors (Lipinski definition) is 2. The highest BCUT2D eigenvalue weighted by atomic mass is 35.5. The van der Waals surface area contributed by atoms with Crippen LogP contribution in [-0.4, -0.2) is 15.0 Å². The van der Waals surface area contributed by atoms with Crippen LogP contribution in [0.25, 0.3) is 28.2 Å². The third kappa shape index (κ3) is 4.13. The lowest BCUT2D eigenvalue weighted by Crippen LogP contribution is -1.94. The van der Waals surface area contributed by atoms with E-state index in [0.717, 1.165) is 33.3 Å². The molecule has 3 rings (SSSR count). The average molecular weight is 402 g/mol. The van der Waals surface area contributed by atoms with Crippen LogP contribution in [0.1, 0.15) is 18.9 Å². The second-order valence-corrected chi connectivity index (χ2v) is 6.80. The van der Waals surface area contributed by atoms with E-state index in [4.69, 9.17) is 17.3 Å². The summed E-state index contributed by atoms with van der Waals surface area (Å²) in [5.74, 6) is 0.460. The number of H-pyrrole nitrogens is 1. The second-order valence-electron chi connectivity index (χ2n) is 6.39. The number of hydrogen-bond acceptors (Lipinski definition) is 4. The Balaban J connectivity index is 2.14. The van der Waals surface area contributed by atoms with E-state index in [1.165, 1.54) is 6.08 Å². The molecule has 0 amide bonds. The number of aromatic amines is 1. The lowest BCUT2D eigenvalue weighted by atomic mass is 9.95. The molecule has 3 aromatic heterocycles. The van der Waals surface area contributed by atoms with Gasteiger partial charge in [-0.05, 0) is 36.3 Å². The van der Waals surface area contributed by atoms with E-state index in [1.54, 1.807) is 24.5 Å². The minimum atomic E-state index is 0.399. The molecule has 0 spiro atoms. The molecule has 0 atom stereocenters. The van der Waals surface area contributed by atoms with Crippen molar-refractivity contribution >= 4 is 34.5 Å². The number of nitrogens with zero attached hydrogens (tertiary/aromatic N) is 3. The Morgan fingerprint density at radius 1 is 1.31 bits per heavy atom. The van der Waals surface area contributed by atoms with Crippen LogP contribution in [0, 0.1) is 11.3 Å². The molecular formula is C23H20ClN5. The number of nitrogen functional groups attached to an aromatic ring is 1. The number of nitrogens with two attached hydrogens (primary N) is 1. The van der Waals surface area contributed by atoms with Crippen molar-refractivity contribution in [2.24, 2.45) is 0 Å². The summed E-state index contributed by atoms with van der Waals surface area (Å²) in [6, 6.07) is 7.88. The van der Waals surface area contributed by atoms with Crippen LogP contribution < -0.4 is 5.73 Å². The van der Waals surface area contributed by atoms with Crippen LogP contribution in [-0.2, 0) is 0 Å². The number of anilines is 1. The van der Waals surface area contributed by atoms with E-state index in [1.807, 2.05) is 25.3 Å². The Labute approximate surface area is 174 Å². The van der Waals surface area contributed by atoms with E-state index in [9.17, 15) is 5.26 Å². The van der Waals surface area contributed by atoms with Gasteiger partial charge in [0.05, 0.1) is 11.6 Å². The summed E-state index contributed by atoms with van der Waals surface area (Å²) in [7, 11) is 0. The lowest BCUT2D eigenvalue weighted by molar-refractivity contribution is 1.12. The van der Waals surface area contributed by atoms with Crippen molar-refractivity contribution in [1.82, 2.24) is 15.0 Å². The Hall–Kier alpha value is -3.62. The van der Waals surface area contributed by atoms with Crippen LogP contribution in [0.5, 0.6) is 0 Å². The molecule has 5 nitrogen and oxygen atoms in total. The molecule has 3 heterocycles. The van der Waals surface area contributed by atoms with E-state index in [0.29, 0.717) is 28.4 Å². The number of allylic oxidation sites excluding steroid dienone is 5. The fourth-order valence-electron chi connectivity index (χ4n) is 2.96. The predicted molar refractivity (Wildman–Crippen MR) is 120 cm³/mol. The molecule has 3 N–H and O–H groups in total. The first-order chi connectivity index (χ1) is 14.0. The monoisotopic (exact) mass is 401 g/mol. The highest BCUT2D eigenvalue weighted by Crippen LogP contribution is 2.31. The first-order valence-corrected chi connectivity index (χ1v) is 9.37. The summed E-state index contributed by atoms with van der Waals surface area (Å²) < 4.78 is 0. The van der Waals surface area contributed by atoms with Crippen LogP contribution in [0.15, 0.2) is 77.8 Å². The van der Waals surface area contributed by atoms with Gasteiger partial charge in [0, 0.05) is 51.3 Å². The van der Waals surface area contributed by atoms with E-state index < -0.39 is 0 Å². The van der Waals surface area contributed by atoms with Crippen molar-refractivity contribution in [2.45, 2.75) is 13.3 Å². The number of pyridine rings is 2. The van der Waals surface area contributed by atoms with Gasteiger partial charge in [-0.15, -0.1) is 0 Å². The maximum Gasteiger partial charge on any atom is 0.137 e. The van der Waals surface area contributed by atoms with Gasteiger partial charge in [-0.25, -0.2) is 9.97 Å². The minimum absolute atomic E-state index is 0.399. The second kappa shape index (κ2) is 8.59. The number of halogens is 1. The fraction of sp³-hybridized carbons (Fsp3) is 0.0870. The van der Waals surface area contributed by atoms with Crippen LogP contribution >= 0.6 is 11.6 Å². The van der Waals surface area contributed by atoms with Gasteiger partial charge >= 0.3 is 0 Å². The topological polar surface area (TPSA) is 91.4 Å². The van der Waals surface area contributed by atoms with Gasteiger partial charge in [-0.3, -0.25) is 0 Å². The molecular weight excluding hydrogens is 382 g/mol. The number of rotatable bonds is 6. The van der Waals surface area contributed by atoms with Gasteiger partial charge in [0.15, 0.2) is 0 Å². The summed E-state index contributed by atoms with van der Waals surface area (Å²) in [5.41, 5.74) is 10.8. The van der Waals surface area contributed by atoms with Crippen molar-refractivity contribution in [3.8, 4) is 17.2 Å². The largest absolute Gasteiger partial charge is 0.384 e. The van der Waals surface area contributed by atoms with Gasteiger partial charge in [0.2, 0.25) is 0 Å². The molecule has 0 aromatic carbocycles. The summed E-state index contributed by atoms with van der Waals surface area (Å²) in [5, 5.41) is 11.1. The zero-order chi connectivity index (χ0) is 21.0. The minimum Gasteiger partial charge on any atom is -0.384 e. The average Bonchev–Trinajstić information content (AvgIpc) is 3.15. The first kappa shape index (κ1) is 20.1. The fourth-order valence-corrected chi connectivity index (χ4v) is 3.20. The number of nitrogens with one attached hydrogen (secondary N) is 1. The van der Waals surface area contributed by atoms with Gasteiger partial charge in [0.25, 0.3) is 0 Å². The predicted octanol–water partition coefficient (Wildman–Crippen LogP) is 5.76. The smallest absolute Gasteiger partial charge is 0.137 e. The van der Waals surface area contributed by atoms with E-state index in [2.05, 4.69) is 34.2 Å². The molecule has 29 heavy (non-hydrogen) atoms. The zero-order valence-electron chi connectivity index (χ0n) is 16.0. The highest BCUT2D eigenvalue weighted by molar-refractivity contribution is 6.32. The van der Waals surface area contributed by atoms with E-state index >= 15 is 0 Å². The summed E-state index contributed by atoms with van der Waals surface area (Å²) in [4.78, 5) is 11.8. The molecule has 0 radical (unpaired) electrons. The third-order valence-electron chi connectivity index (χ3n) is 4.57. The lowest BCUT2D eigenvalue weighted by Gasteiger charge is -2.10.